The van der Waals surface area contributed by atoms with Gasteiger partial charge in [-0.25, -0.2) is 9.78 Å². The smallest absolute Gasteiger partial charge is 0.416 e. The van der Waals surface area contributed by atoms with E-state index in [9.17, 15) is 27.9 Å². The highest BCUT2D eigenvalue weighted by Crippen LogP contribution is 2.38. The zero-order valence-electron chi connectivity index (χ0n) is 22.4. The maximum atomic E-state index is 13.4. The van der Waals surface area contributed by atoms with Crippen molar-refractivity contribution >= 4 is 17.7 Å². The highest BCUT2D eigenvalue weighted by atomic mass is 19.4. The Balaban J connectivity index is 1.27. The topological polar surface area (TPSA) is 110 Å². The monoisotopic (exact) mass is 563 g/mol. The maximum Gasteiger partial charge on any atom is 0.416 e. The minimum absolute atomic E-state index is 0.0360. The van der Waals surface area contributed by atoms with Crippen LogP contribution < -0.4 is 10.6 Å². The molecule has 1 aromatic carbocycles. The summed E-state index contributed by atoms with van der Waals surface area (Å²) >= 11 is 0. The highest BCUT2D eigenvalue weighted by molar-refractivity contribution is 5.91. The Hall–Kier alpha value is -3.18. The average Bonchev–Trinajstić information content (AvgIpc) is 2.95. The maximum absolute atomic E-state index is 13.4. The molecule has 1 saturated heterocycles. The first-order valence-electron chi connectivity index (χ1n) is 13.8. The summed E-state index contributed by atoms with van der Waals surface area (Å²) in [5.74, 6) is -0.873. The number of fused-ring (bicyclic) bond motifs is 1. The van der Waals surface area contributed by atoms with Crippen LogP contribution in [0.25, 0.3) is 0 Å². The molecule has 3 heterocycles. The van der Waals surface area contributed by atoms with Gasteiger partial charge in [-0.05, 0) is 68.2 Å². The average molecular weight is 564 g/mol. The lowest BCUT2D eigenvalue weighted by atomic mass is 9.72. The van der Waals surface area contributed by atoms with Gasteiger partial charge in [-0.15, -0.1) is 0 Å². The third-order valence-electron chi connectivity index (χ3n) is 7.60. The Kier molecular flexibility index (Phi) is 10.0. The second-order valence-electron chi connectivity index (χ2n) is 10.3. The van der Waals surface area contributed by atoms with Gasteiger partial charge < -0.3 is 25.2 Å². The van der Waals surface area contributed by atoms with Gasteiger partial charge in [-0.2, -0.15) is 13.2 Å². The summed E-state index contributed by atoms with van der Waals surface area (Å²) < 4.78 is 51.1. The van der Waals surface area contributed by atoms with Crippen LogP contribution in [0.3, 0.4) is 0 Å². The van der Waals surface area contributed by atoms with Crippen LogP contribution in [0.2, 0.25) is 0 Å². The first kappa shape index (κ1) is 29.8. The molecule has 0 radical (unpaired) electrons. The molecule has 11 heteroatoms. The molecule has 1 aromatic heterocycles. The number of aryl methyl sites for hydroxylation is 2. The Labute approximate surface area is 231 Å². The third-order valence-corrected chi connectivity index (χ3v) is 7.60. The minimum Gasteiger partial charge on any atom is -0.480 e. The van der Waals surface area contributed by atoms with E-state index in [4.69, 9.17) is 9.47 Å². The summed E-state index contributed by atoms with van der Waals surface area (Å²) in [6.07, 6.45) is 0.388. The van der Waals surface area contributed by atoms with Crippen molar-refractivity contribution in [2.24, 2.45) is 0 Å². The number of halogens is 3. The number of nitrogens with one attached hydrogen (secondary N) is 2. The molecule has 1 atom stereocenters. The predicted octanol–water partition coefficient (Wildman–Crippen LogP) is 4.51. The summed E-state index contributed by atoms with van der Waals surface area (Å²) in [6, 6.07) is 7.62. The number of aromatic nitrogens is 1. The van der Waals surface area contributed by atoms with E-state index in [2.05, 4.69) is 27.8 Å². The molecule has 2 aliphatic heterocycles. The molecule has 1 amide bonds. The van der Waals surface area contributed by atoms with Crippen molar-refractivity contribution in [3.63, 3.8) is 0 Å². The van der Waals surface area contributed by atoms with Gasteiger partial charge in [0.2, 0.25) is 5.91 Å². The second-order valence-corrected chi connectivity index (χ2v) is 10.3. The van der Waals surface area contributed by atoms with Crippen LogP contribution >= 0.6 is 0 Å². The van der Waals surface area contributed by atoms with Gasteiger partial charge in [0, 0.05) is 45.1 Å². The van der Waals surface area contributed by atoms with Crippen LogP contribution in [-0.4, -0.2) is 61.0 Å². The fraction of sp³-hybridized carbons (Fsp3) is 0.552. The zero-order chi connectivity index (χ0) is 28.6. The first-order valence-corrected chi connectivity index (χ1v) is 13.8. The Morgan fingerprint density at radius 2 is 1.95 bits per heavy atom. The van der Waals surface area contributed by atoms with Crippen LogP contribution in [0.5, 0.6) is 0 Å². The van der Waals surface area contributed by atoms with Gasteiger partial charge in [0.15, 0.2) is 0 Å². The predicted molar refractivity (Wildman–Crippen MR) is 142 cm³/mol. The van der Waals surface area contributed by atoms with Gasteiger partial charge in [0.05, 0.1) is 11.0 Å². The van der Waals surface area contributed by atoms with E-state index in [0.717, 1.165) is 62.3 Å². The van der Waals surface area contributed by atoms with Crippen LogP contribution in [0, 0.1) is 0 Å². The molecule has 2 aromatic rings. The number of carbonyl (C=O) groups is 2. The number of pyridine rings is 1. The number of hydrogen-bond donors (Lipinski definition) is 3. The summed E-state index contributed by atoms with van der Waals surface area (Å²) in [5.41, 5.74) is 0.299. The van der Waals surface area contributed by atoms with Crippen LogP contribution in [0.4, 0.5) is 19.0 Å². The lowest BCUT2D eigenvalue weighted by molar-refractivity contribution is -0.144. The van der Waals surface area contributed by atoms with Gasteiger partial charge in [-0.3, -0.25) is 4.79 Å². The van der Waals surface area contributed by atoms with Crippen molar-refractivity contribution in [1.29, 1.82) is 0 Å². The van der Waals surface area contributed by atoms with Gasteiger partial charge in [-0.1, -0.05) is 24.3 Å². The molecule has 0 spiro atoms. The SMILES string of the molecule is O=C(O)C(CCOCCCCc1ccc2c(n1)NCCC2)NC(=O)C1(c2cccc(C(F)(F)F)c2)CCOCC1. The first-order chi connectivity index (χ1) is 19.2. The Bertz CT molecular complexity index is 1170. The summed E-state index contributed by atoms with van der Waals surface area (Å²) in [5, 5.41) is 15.6. The van der Waals surface area contributed by atoms with Crippen molar-refractivity contribution < 1.29 is 37.3 Å². The number of alkyl halides is 3. The van der Waals surface area contributed by atoms with E-state index < -0.39 is 35.1 Å². The van der Waals surface area contributed by atoms with Crippen molar-refractivity contribution in [3.05, 3.63) is 58.8 Å². The summed E-state index contributed by atoms with van der Waals surface area (Å²) in [4.78, 5) is 30.0. The molecule has 4 rings (SSSR count). The fourth-order valence-electron chi connectivity index (χ4n) is 5.24. The van der Waals surface area contributed by atoms with Crippen molar-refractivity contribution in [3.8, 4) is 0 Å². The number of ether oxygens (including phenoxy) is 2. The number of carboxylic acids is 1. The molecular formula is C29H36F3N3O5. The molecule has 0 aliphatic carbocycles. The van der Waals surface area contributed by atoms with Gasteiger partial charge >= 0.3 is 12.1 Å². The molecule has 2 aliphatic rings. The minimum atomic E-state index is -4.56. The molecule has 3 N–H and O–H groups in total. The van der Waals surface area contributed by atoms with E-state index in [1.807, 2.05) is 0 Å². The number of carboxylic acid groups (broad SMARTS) is 1. The number of hydrogen-bond acceptors (Lipinski definition) is 6. The standard InChI is InChI=1S/C29H36F3N3O5/c30-29(31,32)22-7-3-6-21(19-22)28(12-17-40-18-13-28)27(38)35-24(26(36)37)11-16-39-15-2-1-8-23-10-9-20-5-4-14-33-25(20)34-23/h3,6-7,9-10,19,24H,1-2,4-5,8,11-18H2,(H,33,34)(H,35,38)(H,36,37). The van der Waals surface area contributed by atoms with Crippen LogP contribution in [0.15, 0.2) is 36.4 Å². The number of nitrogens with zero attached hydrogens (tertiary/aromatic N) is 1. The van der Waals surface area contributed by atoms with E-state index in [0.29, 0.717) is 6.61 Å². The lowest BCUT2D eigenvalue weighted by Gasteiger charge is -2.37. The molecule has 0 bridgehead atoms. The molecule has 40 heavy (non-hydrogen) atoms. The second kappa shape index (κ2) is 13.5. The van der Waals surface area contributed by atoms with E-state index >= 15 is 0 Å². The van der Waals surface area contributed by atoms with Crippen molar-refractivity contribution in [2.45, 2.75) is 69.0 Å². The number of carbonyl (C=O) groups excluding carboxylic acids is 1. The van der Waals surface area contributed by atoms with Crippen molar-refractivity contribution in [1.82, 2.24) is 10.3 Å². The van der Waals surface area contributed by atoms with Gasteiger partial charge in [0.25, 0.3) is 0 Å². The zero-order valence-corrected chi connectivity index (χ0v) is 22.4. The molecular weight excluding hydrogens is 527 g/mol. The Morgan fingerprint density at radius 3 is 2.70 bits per heavy atom. The summed E-state index contributed by atoms with van der Waals surface area (Å²) in [6.45, 7) is 1.87. The van der Waals surface area contributed by atoms with Gasteiger partial charge in [0.1, 0.15) is 11.9 Å². The van der Waals surface area contributed by atoms with E-state index in [1.165, 1.54) is 17.7 Å². The summed E-state index contributed by atoms with van der Waals surface area (Å²) in [7, 11) is 0. The van der Waals surface area contributed by atoms with Crippen LogP contribution in [-0.2, 0) is 43.5 Å². The molecule has 218 valence electrons. The van der Waals surface area contributed by atoms with Crippen LogP contribution in [0.1, 0.15) is 60.9 Å². The third kappa shape index (κ3) is 7.51. The molecule has 1 fully saturated rings. The highest BCUT2D eigenvalue weighted by Gasteiger charge is 2.44. The number of rotatable bonds is 12. The normalized spacial score (nSPS) is 17.4. The largest absolute Gasteiger partial charge is 0.480 e. The quantitative estimate of drug-likeness (QED) is 0.326. The number of amides is 1. The molecule has 0 saturated carbocycles. The van der Waals surface area contributed by atoms with E-state index in [-0.39, 0.29) is 44.6 Å². The van der Waals surface area contributed by atoms with E-state index in [1.54, 1.807) is 0 Å². The molecule has 8 nitrogen and oxygen atoms in total. The number of benzene rings is 1. The fourth-order valence-corrected chi connectivity index (χ4v) is 5.24. The Morgan fingerprint density at radius 1 is 1.15 bits per heavy atom. The van der Waals surface area contributed by atoms with Crippen molar-refractivity contribution in [2.75, 3.05) is 38.3 Å². The number of anilines is 1. The number of aliphatic carboxylic acids is 1. The number of unbranched alkanes of at least 4 members (excludes halogenated alkanes) is 1. The molecule has 1 unspecified atom stereocenters. The lowest BCUT2D eigenvalue weighted by Crippen LogP contribution is -2.53.